The van der Waals surface area contributed by atoms with Gasteiger partial charge in [-0.25, -0.2) is 4.79 Å². The van der Waals surface area contributed by atoms with E-state index in [1.54, 1.807) is 0 Å². The third kappa shape index (κ3) is 1.86. The van der Waals surface area contributed by atoms with E-state index in [1.165, 1.54) is 4.90 Å². The van der Waals surface area contributed by atoms with Crippen LogP contribution in [0, 0.1) is 0 Å². The molecule has 1 saturated heterocycles. The SMILES string of the molecule is O=C(O)C1CCCCN1C(=O)c1nn[nH]n1. The van der Waals surface area contributed by atoms with E-state index in [9.17, 15) is 9.59 Å². The van der Waals surface area contributed by atoms with Crippen molar-refractivity contribution in [3.63, 3.8) is 0 Å². The second-order valence-corrected chi connectivity index (χ2v) is 3.58. The van der Waals surface area contributed by atoms with E-state index in [0.717, 1.165) is 12.8 Å². The van der Waals surface area contributed by atoms with E-state index in [0.29, 0.717) is 13.0 Å². The molecule has 8 heteroatoms. The van der Waals surface area contributed by atoms with Crippen LogP contribution in [0.2, 0.25) is 0 Å². The van der Waals surface area contributed by atoms with Crippen LogP contribution in [0.25, 0.3) is 0 Å². The van der Waals surface area contributed by atoms with Gasteiger partial charge in [-0.1, -0.05) is 0 Å². The Kier molecular flexibility index (Phi) is 2.80. The van der Waals surface area contributed by atoms with Crippen LogP contribution in [0.3, 0.4) is 0 Å². The van der Waals surface area contributed by atoms with E-state index in [-0.39, 0.29) is 5.82 Å². The van der Waals surface area contributed by atoms with E-state index in [4.69, 9.17) is 5.11 Å². The Bertz CT molecular complexity index is 390. The summed E-state index contributed by atoms with van der Waals surface area (Å²) in [5.74, 6) is -1.56. The smallest absolute Gasteiger partial charge is 0.326 e. The molecule has 1 atom stereocenters. The summed E-state index contributed by atoms with van der Waals surface area (Å²) in [6.45, 7) is 0.421. The van der Waals surface area contributed by atoms with E-state index in [1.807, 2.05) is 0 Å². The van der Waals surface area contributed by atoms with Gasteiger partial charge in [-0.15, -0.1) is 10.2 Å². The number of carbonyl (C=O) groups is 2. The summed E-state index contributed by atoms with van der Waals surface area (Å²) in [7, 11) is 0. The number of carboxylic acid groups (broad SMARTS) is 1. The van der Waals surface area contributed by atoms with Gasteiger partial charge in [0.05, 0.1) is 0 Å². The van der Waals surface area contributed by atoms with Crippen molar-refractivity contribution < 1.29 is 14.7 Å². The predicted molar refractivity (Wildman–Crippen MR) is 50.5 cm³/mol. The number of H-pyrrole nitrogens is 1. The minimum Gasteiger partial charge on any atom is -0.480 e. The Balaban J connectivity index is 2.17. The highest BCUT2D eigenvalue weighted by atomic mass is 16.4. The molecule has 0 aromatic carbocycles. The van der Waals surface area contributed by atoms with Crippen LogP contribution in [0.5, 0.6) is 0 Å². The van der Waals surface area contributed by atoms with Gasteiger partial charge in [0.15, 0.2) is 0 Å². The third-order valence-electron chi connectivity index (χ3n) is 2.59. The Morgan fingerprint density at radius 3 is 2.88 bits per heavy atom. The van der Waals surface area contributed by atoms with Crippen molar-refractivity contribution in [2.45, 2.75) is 25.3 Å². The molecule has 0 bridgehead atoms. The first-order chi connectivity index (χ1) is 7.70. The first-order valence-electron chi connectivity index (χ1n) is 4.97. The number of carboxylic acids is 1. The van der Waals surface area contributed by atoms with Crippen molar-refractivity contribution in [2.24, 2.45) is 0 Å². The van der Waals surface area contributed by atoms with E-state index in [2.05, 4.69) is 20.6 Å². The predicted octanol–water partition coefficient (Wildman–Crippen LogP) is -0.721. The Morgan fingerprint density at radius 2 is 2.25 bits per heavy atom. The monoisotopic (exact) mass is 225 g/mol. The molecule has 16 heavy (non-hydrogen) atoms. The maximum absolute atomic E-state index is 11.9. The van der Waals surface area contributed by atoms with Crippen molar-refractivity contribution in [1.29, 1.82) is 0 Å². The topological polar surface area (TPSA) is 112 Å². The van der Waals surface area contributed by atoms with Crippen molar-refractivity contribution in [3.05, 3.63) is 5.82 Å². The Hall–Kier alpha value is -1.99. The third-order valence-corrected chi connectivity index (χ3v) is 2.59. The molecule has 2 heterocycles. The summed E-state index contributed by atoms with van der Waals surface area (Å²) in [6.07, 6.45) is 2.08. The average Bonchev–Trinajstić information content (AvgIpc) is 2.81. The number of tetrazole rings is 1. The fourth-order valence-corrected chi connectivity index (χ4v) is 1.81. The van der Waals surface area contributed by atoms with Gasteiger partial charge in [0.1, 0.15) is 6.04 Å². The molecule has 1 aromatic heterocycles. The summed E-state index contributed by atoms with van der Waals surface area (Å²) in [5.41, 5.74) is 0. The largest absolute Gasteiger partial charge is 0.480 e. The van der Waals surface area contributed by atoms with Crippen LogP contribution in [0.15, 0.2) is 0 Å². The summed E-state index contributed by atoms with van der Waals surface area (Å²) in [6, 6.07) is -0.778. The van der Waals surface area contributed by atoms with Crippen LogP contribution in [0.1, 0.15) is 29.9 Å². The highest BCUT2D eigenvalue weighted by Crippen LogP contribution is 2.18. The zero-order chi connectivity index (χ0) is 11.5. The minimum atomic E-state index is -0.989. The molecular weight excluding hydrogens is 214 g/mol. The summed E-state index contributed by atoms with van der Waals surface area (Å²) < 4.78 is 0. The zero-order valence-electron chi connectivity index (χ0n) is 8.46. The molecule has 2 rings (SSSR count). The molecule has 1 aliphatic heterocycles. The van der Waals surface area contributed by atoms with Crippen LogP contribution >= 0.6 is 0 Å². The van der Waals surface area contributed by atoms with Crippen molar-refractivity contribution in [3.8, 4) is 0 Å². The number of rotatable bonds is 2. The lowest BCUT2D eigenvalue weighted by molar-refractivity contribution is -0.143. The second-order valence-electron chi connectivity index (χ2n) is 3.58. The van der Waals surface area contributed by atoms with Gasteiger partial charge >= 0.3 is 5.97 Å². The van der Waals surface area contributed by atoms with Crippen LogP contribution < -0.4 is 0 Å². The quantitative estimate of drug-likeness (QED) is 0.686. The lowest BCUT2D eigenvalue weighted by atomic mass is 10.0. The fraction of sp³-hybridized carbons (Fsp3) is 0.625. The number of likely N-dealkylation sites (tertiary alicyclic amines) is 1. The number of carbonyl (C=O) groups excluding carboxylic acids is 1. The molecule has 2 N–H and O–H groups in total. The molecule has 0 radical (unpaired) electrons. The Morgan fingerprint density at radius 1 is 1.44 bits per heavy atom. The molecular formula is C8H11N5O3. The van der Waals surface area contributed by atoms with E-state index >= 15 is 0 Å². The first kappa shape index (κ1) is 10.5. The molecule has 0 aliphatic carbocycles. The fourth-order valence-electron chi connectivity index (χ4n) is 1.81. The lowest BCUT2D eigenvalue weighted by Gasteiger charge is -2.31. The van der Waals surface area contributed by atoms with Crippen molar-refractivity contribution in [2.75, 3.05) is 6.54 Å². The molecule has 86 valence electrons. The van der Waals surface area contributed by atoms with Gasteiger partial charge in [0, 0.05) is 6.54 Å². The maximum atomic E-state index is 11.9. The molecule has 1 aromatic rings. The molecule has 0 saturated carbocycles. The van der Waals surface area contributed by atoms with Gasteiger partial charge in [0.25, 0.3) is 11.7 Å². The van der Waals surface area contributed by atoms with Crippen LogP contribution in [-0.4, -0.2) is 55.1 Å². The summed E-state index contributed by atoms with van der Waals surface area (Å²) >= 11 is 0. The molecule has 0 spiro atoms. The zero-order valence-corrected chi connectivity index (χ0v) is 8.46. The maximum Gasteiger partial charge on any atom is 0.326 e. The number of piperidine rings is 1. The van der Waals surface area contributed by atoms with Crippen LogP contribution in [-0.2, 0) is 4.79 Å². The van der Waals surface area contributed by atoms with Gasteiger partial charge in [0.2, 0.25) is 0 Å². The Labute approximate surface area is 90.6 Å². The van der Waals surface area contributed by atoms with Gasteiger partial charge in [-0.3, -0.25) is 4.79 Å². The van der Waals surface area contributed by atoms with Gasteiger partial charge < -0.3 is 10.0 Å². The molecule has 1 amide bonds. The summed E-state index contributed by atoms with van der Waals surface area (Å²) in [5, 5.41) is 21.5. The number of amides is 1. The van der Waals surface area contributed by atoms with Gasteiger partial charge in [-0.05, 0) is 24.5 Å². The number of aromatic nitrogens is 4. The van der Waals surface area contributed by atoms with E-state index < -0.39 is 17.9 Å². The minimum absolute atomic E-state index is 0.0897. The van der Waals surface area contributed by atoms with Crippen molar-refractivity contribution in [1.82, 2.24) is 25.5 Å². The first-order valence-corrected chi connectivity index (χ1v) is 4.97. The van der Waals surface area contributed by atoms with Crippen molar-refractivity contribution >= 4 is 11.9 Å². The van der Waals surface area contributed by atoms with Crippen LogP contribution in [0.4, 0.5) is 0 Å². The second kappa shape index (κ2) is 4.25. The number of nitrogens with zero attached hydrogens (tertiary/aromatic N) is 4. The molecule has 1 unspecified atom stereocenters. The molecule has 1 fully saturated rings. The standard InChI is InChI=1S/C8H11N5O3/c14-7(6-9-11-12-10-6)13-4-2-1-3-5(13)8(15)16/h5H,1-4H2,(H,15,16)(H,9,10,11,12). The highest BCUT2D eigenvalue weighted by Gasteiger charge is 2.33. The molecule has 8 nitrogen and oxygen atoms in total. The average molecular weight is 225 g/mol. The highest BCUT2D eigenvalue weighted by molar-refractivity contribution is 5.93. The molecule has 1 aliphatic rings. The number of hydrogen-bond donors (Lipinski definition) is 2. The van der Waals surface area contributed by atoms with Gasteiger partial charge in [-0.2, -0.15) is 5.21 Å². The summed E-state index contributed by atoms with van der Waals surface area (Å²) in [4.78, 5) is 24.1. The lowest BCUT2D eigenvalue weighted by Crippen LogP contribution is -2.48. The number of nitrogens with one attached hydrogen (secondary N) is 1. The number of hydrogen-bond acceptors (Lipinski definition) is 5. The number of aliphatic carboxylic acids is 1. The number of aromatic amines is 1. The normalized spacial score (nSPS) is 20.8.